The number of hydrogen-bond acceptors (Lipinski definition) is 4. The zero-order valence-electron chi connectivity index (χ0n) is 10.7. The van der Waals surface area contributed by atoms with Crippen molar-refractivity contribution >= 4 is 0 Å². The molecule has 5 nitrogen and oxygen atoms in total. The van der Waals surface area contributed by atoms with Gasteiger partial charge in [0.25, 0.3) is 0 Å². The lowest BCUT2D eigenvalue weighted by atomic mass is 9.78. The molecule has 0 bridgehead atoms. The van der Waals surface area contributed by atoms with Gasteiger partial charge in [0.1, 0.15) is 0 Å². The Morgan fingerprint density at radius 1 is 1.47 bits per heavy atom. The number of methoxy groups -OCH3 is 1. The maximum absolute atomic E-state index is 6.41. The largest absolute Gasteiger partial charge is 0.376 e. The van der Waals surface area contributed by atoms with Crippen LogP contribution in [-0.2, 0) is 11.3 Å². The normalized spacial score (nSPS) is 21.4. The molecule has 0 saturated heterocycles. The van der Waals surface area contributed by atoms with E-state index in [1.807, 2.05) is 11.6 Å². The van der Waals surface area contributed by atoms with Gasteiger partial charge in [-0.1, -0.05) is 24.5 Å². The Balaban J connectivity index is 2.24. The smallest absolute Gasteiger partial charge is 0.0886 e. The average Bonchev–Trinajstić information content (AvgIpc) is 2.86. The van der Waals surface area contributed by atoms with Crippen molar-refractivity contribution in [1.29, 1.82) is 0 Å². The Morgan fingerprint density at radius 2 is 2.18 bits per heavy atom. The van der Waals surface area contributed by atoms with Gasteiger partial charge in [-0.3, -0.25) is 0 Å². The first-order valence-corrected chi connectivity index (χ1v) is 6.42. The van der Waals surface area contributed by atoms with Crippen molar-refractivity contribution in [3.63, 3.8) is 0 Å². The van der Waals surface area contributed by atoms with Crippen LogP contribution in [0.1, 0.15) is 50.8 Å². The highest BCUT2D eigenvalue weighted by Crippen LogP contribution is 2.39. The molecule has 1 aliphatic rings. The number of aromatic nitrogens is 3. The third-order valence-electron chi connectivity index (χ3n) is 3.94. The zero-order chi connectivity index (χ0) is 12.3. The number of nitrogens with two attached hydrogens (primary N) is 1. The van der Waals surface area contributed by atoms with Crippen LogP contribution in [0, 0.1) is 0 Å². The lowest BCUT2D eigenvalue weighted by molar-refractivity contribution is -0.0612. The molecule has 5 heteroatoms. The van der Waals surface area contributed by atoms with Crippen LogP contribution < -0.4 is 5.73 Å². The molecule has 0 amide bonds. The standard InChI is InChI=1S/C12H22N4O/c1-3-16-10(9-14-15-16)11(13)12(17-2)7-5-4-6-8-12/h9,11H,3-8,13H2,1-2H3. The summed E-state index contributed by atoms with van der Waals surface area (Å²) in [5.74, 6) is 0. The van der Waals surface area contributed by atoms with Crippen molar-refractivity contribution in [3.05, 3.63) is 11.9 Å². The zero-order valence-corrected chi connectivity index (χ0v) is 10.7. The molecule has 1 aliphatic carbocycles. The lowest BCUT2D eigenvalue weighted by Gasteiger charge is -2.40. The van der Waals surface area contributed by atoms with Gasteiger partial charge < -0.3 is 10.5 Å². The Labute approximate surface area is 102 Å². The van der Waals surface area contributed by atoms with Crippen molar-refractivity contribution in [2.75, 3.05) is 7.11 Å². The molecule has 1 saturated carbocycles. The minimum atomic E-state index is -0.229. The molecule has 0 aromatic carbocycles. The van der Waals surface area contributed by atoms with Crippen molar-refractivity contribution in [3.8, 4) is 0 Å². The highest BCUT2D eigenvalue weighted by Gasteiger charge is 2.40. The molecular formula is C12H22N4O. The fraction of sp³-hybridized carbons (Fsp3) is 0.833. The first-order chi connectivity index (χ1) is 8.23. The SMILES string of the molecule is CCn1nncc1C(N)C1(OC)CCCCC1. The quantitative estimate of drug-likeness (QED) is 0.866. The number of rotatable bonds is 4. The van der Waals surface area contributed by atoms with Crippen LogP contribution in [0.15, 0.2) is 6.20 Å². The van der Waals surface area contributed by atoms with Gasteiger partial charge >= 0.3 is 0 Å². The summed E-state index contributed by atoms with van der Waals surface area (Å²) in [6.07, 6.45) is 7.48. The van der Waals surface area contributed by atoms with Crippen molar-refractivity contribution < 1.29 is 4.74 Å². The van der Waals surface area contributed by atoms with E-state index in [-0.39, 0.29) is 11.6 Å². The lowest BCUT2D eigenvalue weighted by Crippen LogP contribution is -2.45. The molecule has 0 aliphatic heterocycles. The summed E-state index contributed by atoms with van der Waals surface area (Å²) >= 11 is 0. The van der Waals surface area contributed by atoms with Gasteiger partial charge in [0.05, 0.1) is 23.5 Å². The van der Waals surface area contributed by atoms with Gasteiger partial charge in [0.15, 0.2) is 0 Å². The molecule has 0 spiro atoms. The third-order valence-corrected chi connectivity index (χ3v) is 3.94. The monoisotopic (exact) mass is 238 g/mol. The molecular weight excluding hydrogens is 216 g/mol. The molecule has 1 unspecified atom stereocenters. The van der Waals surface area contributed by atoms with Gasteiger partial charge in [-0.05, 0) is 19.8 Å². The Hall–Kier alpha value is -0.940. The molecule has 0 radical (unpaired) electrons. The first-order valence-electron chi connectivity index (χ1n) is 6.42. The van der Waals surface area contributed by atoms with Gasteiger partial charge in [-0.2, -0.15) is 0 Å². The van der Waals surface area contributed by atoms with Gasteiger partial charge in [0, 0.05) is 13.7 Å². The van der Waals surface area contributed by atoms with Crippen LogP contribution in [0.3, 0.4) is 0 Å². The second kappa shape index (κ2) is 5.14. The summed E-state index contributed by atoms with van der Waals surface area (Å²) < 4.78 is 7.63. The number of nitrogens with zero attached hydrogens (tertiary/aromatic N) is 3. The van der Waals surface area contributed by atoms with E-state index >= 15 is 0 Å². The summed E-state index contributed by atoms with van der Waals surface area (Å²) in [7, 11) is 1.77. The highest BCUT2D eigenvalue weighted by atomic mass is 16.5. The van der Waals surface area contributed by atoms with Crippen molar-refractivity contribution in [2.45, 2.75) is 57.2 Å². The molecule has 17 heavy (non-hydrogen) atoms. The average molecular weight is 238 g/mol. The van der Waals surface area contributed by atoms with E-state index in [4.69, 9.17) is 10.5 Å². The van der Waals surface area contributed by atoms with Crippen LogP contribution in [0.4, 0.5) is 0 Å². The van der Waals surface area contributed by atoms with Gasteiger partial charge in [-0.25, -0.2) is 4.68 Å². The van der Waals surface area contributed by atoms with Crippen molar-refractivity contribution in [2.24, 2.45) is 5.73 Å². The minimum Gasteiger partial charge on any atom is -0.376 e. The maximum Gasteiger partial charge on any atom is 0.0886 e. The second-order valence-corrected chi connectivity index (χ2v) is 4.78. The number of ether oxygens (including phenoxy) is 1. The summed E-state index contributed by atoms with van der Waals surface area (Å²) in [4.78, 5) is 0. The molecule has 1 heterocycles. The predicted octanol–water partition coefficient (Wildman–Crippen LogP) is 1.65. The topological polar surface area (TPSA) is 66.0 Å². The van der Waals surface area contributed by atoms with Crippen LogP contribution in [0.5, 0.6) is 0 Å². The Morgan fingerprint density at radius 3 is 2.76 bits per heavy atom. The fourth-order valence-corrected chi connectivity index (χ4v) is 2.81. The summed E-state index contributed by atoms with van der Waals surface area (Å²) in [6, 6.07) is -0.136. The predicted molar refractivity (Wildman–Crippen MR) is 65.4 cm³/mol. The Kier molecular flexibility index (Phi) is 3.79. The van der Waals surface area contributed by atoms with E-state index in [2.05, 4.69) is 10.3 Å². The van der Waals surface area contributed by atoms with Gasteiger partial charge in [0.2, 0.25) is 0 Å². The van der Waals surface area contributed by atoms with Crippen LogP contribution in [0.2, 0.25) is 0 Å². The van der Waals surface area contributed by atoms with Crippen LogP contribution >= 0.6 is 0 Å². The van der Waals surface area contributed by atoms with E-state index in [1.165, 1.54) is 19.3 Å². The molecule has 1 aromatic rings. The van der Waals surface area contributed by atoms with E-state index in [1.54, 1.807) is 13.3 Å². The number of hydrogen-bond donors (Lipinski definition) is 1. The maximum atomic E-state index is 6.41. The highest BCUT2D eigenvalue weighted by molar-refractivity contribution is 5.10. The van der Waals surface area contributed by atoms with Gasteiger partial charge in [-0.15, -0.1) is 5.10 Å². The molecule has 1 atom stereocenters. The van der Waals surface area contributed by atoms with E-state index in [9.17, 15) is 0 Å². The summed E-state index contributed by atoms with van der Waals surface area (Å²) in [5.41, 5.74) is 7.16. The number of aryl methyl sites for hydroxylation is 1. The molecule has 96 valence electrons. The van der Waals surface area contributed by atoms with Crippen LogP contribution in [-0.4, -0.2) is 27.7 Å². The Bertz CT molecular complexity index is 357. The van der Waals surface area contributed by atoms with E-state index in [0.717, 1.165) is 25.1 Å². The van der Waals surface area contributed by atoms with E-state index in [0.29, 0.717) is 0 Å². The van der Waals surface area contributed by atoms with Crippen molar-refractivity contribution in [1.82, 2.24) is 15.0 Å². The fourth-order valence-electron chi connectivity index (χ4n) is 2.81. The minimum absolute atomic E-state index is 0.136. The van der Waals surface area contributed by atoms with E-state index < -0.39 is 0 Å². The molecule has 2 N–H and O–H groups in total. The molecule has 1 aromatic heterocycles. The summed E-state index contributed by atoms with van der Waals surface area (Å²) in [6.45, 7) is 2.84. The second-order valence-electron chi connectivity index (χ2n) is 4.78. The molecule has 2 rings (SSSR count). The third kappa shape index (κ3) is 2.21. The molecule has 1 fully saturated rings. The summed E-state index contributed by atoms with van der Waals surface area (Å²) in [5, 5.41) is 8.00. The first kappa shape index (κ1) is 12.5. The van der Waals surface area contributed by atoms with Crippen LogP contribution in [0.25, 0.3) is 0 Å².